The molecule has 3 aromatic rings. The molecule has 2 N–H and O–H groups in total. The summed E-state index contributed by atoms with van der Waals surface area (Å²) in [5.74, 6) is -0.492. The lowest BCUT2D eigenvalue weighted by atomic mass is 10.0. The van der Waals surface area contributed by atoms with E-state index in [-0.39, 0.29) is 29.2 Å². The first-order valence-corrected chi connectivity index (χ1v) is 11.5. The van der Waals surface area contributed by atoms with E-state index in [0.29, 0.717) is 22.4 Å². The third kappa shape index (κ3) is 4.20. The minimum absolute atomic E-state index is 0.0827. The highest BCUT2D eigenvalue weighted by atomic mass is 32.2. The summed E-state index contributed by atoms with van der Waals surface area (Å²) >= 11 is 0. The molecule has 1 atom stereocenters. The fourth-order valence-electron chi connectivity index (χ4n) is 3.71. The van der Waals surface area contributed by atoms with Gasteiger partial charge in [-0.2, -0.15) is 0 Å². The molecule has 1 aliphatic carbocycles. The Labute approximate surface area is 186 Å². The Morgan fingerprint density at radius 1 is 0.938 bits per heavy atom. The third-order valence-electron chi connectivity index (χ3n) is 5.18. The summed E-state index contributed by atoms with van der Waals surface area (Å²) in [6.45, 7) is 1.96. The number of fused-ring (bicyclic) bond motifs is 3. The lowest BCUT2D eigenvalue weighted by Crippen LogP contribution is -2.35. The van der Waals surface area contributed by atoms with Gasteiger partial charge in [-0.15, -0.1) is 0 Å². The van der Waals surface area contributed by atoms with Gasteiger partial charge in [0.05, 0.1) is 11.5 Å². The van der Waals surface area contributed by atoms with Crippen LogP contribution >= 0.6 is 0 Å². The second-order valence-corrected chi connectivity index (χ2v) is 9.31. The van der Waals surface area contributed by atoms with Gasteiger partial charge < -0.3 is 10.1 Å². The van der Waals surface area contributed by atoms with Gasteiger partial charge in [-0.3, -0.25) is 9.59 Å². The van der Waals surface area contributed by atoms with Gasteiger partial charge >= 0.3 is 0 Å². The molecule has 0 saturated carbocycles. The van der Waals surface area contributed by atoms with Crippen LogP contribution < -0.4 is 10.0 Å². The smallest absolute Gasteiger partial charge is 0.255 e. The van der Waals surface area contributed by atoms with Gasteiger partial charge in [0.15, 0.2) is 5.78 Å². The number of anilines is 1. The summed E-state index contributed by atoms with van der Waals surface area (Å²) in [5, 5.41) is 2.74. The highest BCUT2D eigenvalue weighted by Crippen LogP contribution is 2.36. The van der Waals surface area contributed by atoms with Gasteiger partial charge in [0.1, 0.15) is 0 Å². The number of ketones is 1. The van der Waals surface area contributed by atoms with Crippen LogP contribution in [-0.4, -0.2) is 39.9 Å². The van der Waals surface area contributed by atoms with Crippen LogP contribution in [0.5, 0.6) is 0 Å². The van der Waals surface area contributed by atoms with Crippen molar-refractivity contribution in [3.8, 4) is 11.1 Å². The molecule has 0 aliphatic heterocycles. The minimum atomic E-state index is -3.70. The Bertz CT molecular complexity index is 1300. The zero-order valence-electron chi connectivity index (χ0n) is 17.6. The molecule has 0 radical (unpaired) electrons. The number of carbonyl (C=O) groups excluding carboxylic acids is 2. The molecular formula is C24H22N2O5S. The molecule has 0 bridgehead atoms. The van der Waals surface area contributed by atoms with Crippen molar-refractivity contribution in [3.05, 3.63) is 83.4 Å². The topological polar surface area (TPSA) is 102 Å². The summed E-state index contributed by atoms with van der Waals surface area (Å²) < 4.78 is 32.3. The highest BCUT2D eigenvalue weighted by molar-refractivity contribution is 7.89. The van der Waals surface area contributed by atoms with Gasteiger partial charge in [-0.25, -0.2) is 13.1 Å². The first-order chi connectivity index (χ1) is 15.3. The zero-order valence-corrected chi connectivity index (χ0v) is 18.4. The van der Waals surface area contributed by atoms with Crippen molar-refractivity contribution in [1.29, 1.82) is 0 Å². The maximum absolute atomic E-state index is 12.7. The molecule has 1 amide bonds. The standard InChI is InChI=1S/C24H22N2O5S/c1-15(14-31-2)26-32(29,30)18-10-8-17(9-11-18)25-24(28)16-7-12-20-19-5-3-4-6-21(19)23(27)22(20)13-16/h3-13,15,26H,14H2,1-2H3,(H,25,28). The molecule has 0 spiro atoms. The molecule has 4 rings (SSSR count). The quantitative estimate of drug-likeness (QED) is 0.449. The summed E-state index contributed by atoms with van der Waals surface area (Å²) in [6.07, 6.45) is 0. The van der Waals surface area contributed by atoms with Crippen LogP contribution in [-0.2, 0) is 14.8 Å². The number of hydrogen-bond acceptors (Lipinski definition) is 5. The largest absolute Gasteiger partial charge is 0.383 e. The number of ether oxygens (including phenoxy) is 1. The maximum Gasteiger partial charge on any atom is 0.255 e. The minimum Gasteiger partial charge on any atom is -0.383 e. The number of benzene rings is 3. The summed E-state index contributed by atoms with van der Waals surface area (Å²) in [6, 6.07) is 17.9. The maximum atomic E-state index is 12.7. The normalized spacial score (nSPS) is 13.4. The van der Waals surface area contributed by atoms with Crippen molar-refractivity contribution in [3.63, 3.8) is 0 Å². The molecule has 7 nitrogen and oxygen atoms in total. The Morgan fingerprint density at radius 2 is 1.59 bits per heavy atom. The van der Waals surface area contributed by atoms with Gasteiger partial charge in [0.2, 0.25) is 10.0 Å². The predicted octanol–water partition coefficient (Wildman–Crippen LogP) is 3.46. The molecule has 8 heteroatoms. The Morgan fingerprint density at radius 3 is 2.28 bits per heavy atom. The van der Waals surface area contributed by atoms with Gasteiger partial charge in [-0.05, 0) is 54.4 Å². The SMILES string of the molecule is COCC(C)NS(=O)(=O)c1ccc(NC(=O)c2ccc3c(c2)C(=O)c2ccccc2-3)cc1. The molecule has 164 valence electrons. The summed E-state index contributed by atoms with van der Waals surface area (Å²) in [5.41, 5.74) is 3.59. The molecular weight excluding hydrogens is 428 g/mol. The Balaban J connectivity index is 1.49. The molecule has 0 fully saturated rings. The van der Waals surface area contributed by atoms with Crippen molar-refractivity contribution in [2.75, 3.05) is 19.0 Å². The number of carbonyl (C=O) groups is 2. The molecule has 32 heavy (non-hydrogen) atoms. The van der Waals surface area contributed by atoms with E-state index in [0.717, 1.165) is 11.1 Å². The number of methoxy groups -OCH3 is 1. The van der Waals surface area contributed by atoms with E-state index in [9.17, 15) is 18.0 Å². The summed E-state index contributed by atoms with van der Waals surface area (Å²) in [4.78, 5) is 25.5. The van der Waals surface area contributed by atoms with E-state index in [2.05, 4.69) is 10.0 Å². The van der Waals surface area contributed by atoms with E-state index in [1.807, 2.05) is 18.2 Å². The fraction of sp³-hybridized carbons (Fsp3) is 0.167. The van der Waals surface area contributed by atoms with E-state index >= 15 is 0 Å². The fourth-order valence-corrected chi connectivity index (χ4v) is 4.94. The molecule has 3 aromatic carbocycles. The van der Waals surface area contributed by atoms with Gasteiger partial charge in [0.25, 0.3) is 5.91 Å². The lowest BCUT2D eigenvalue weighted by molar-refractivity contribution is 0.102. The summed E-state index contributed by atoms with van der Waals surface area (Å²) in [7, 11) is -2.20. The van der Waals surface area contributed by atoms with Crippen LogP contribution in [0.15, 0.2) is 71.6 Å². The van der Waals surface area contributed by atoms with Gasteiger partial charge in [0, 0.05) is 35.5 Å². The van der Waals surface area contributed by atoms with Gasteiger partial charge in [-0.1, -0.05) is 30.3 Å². The van der Waals surface area contributed by atoms with Crippen LogP contribution in [0.3, 0.4) is 0 Å². The highest BCUT2D eigenvalue weighted by Gasteiger charge is 2.27. The second kappa shape index (κ2) is 8.66. The zero-order chi connectivity index (χ0) is 22.9. The molecule has 1 aliphatic rings. The monoisotopic (exact) mass is 450 g/mol. The number of nitrogens with one attached hydrogen (secondary N) is 2. The van der Waals surface area contributed by atoms with Crippen molar-refractivity contribution in [1.82, 2.24) is 4.72 Å². The van der Waals surface area contributed by atoms with Crippen molar-refractivity contribution < 1.29 is 22.7 Å². The molecule has 0 saturated heterocycles. The van der Waals surface area contributed by atoms with Crippen LogP contribution in [0.1, 0.15) is 33.2 Å². The van der Waals surface area contributed by atoms with E-state index < -0.39 is 10.0 Å². The van der Waals surface area contributed by atoms with Crippen LogP contribution in [0.25, 0.3) is 11.1 Å². The second-order valence-electron chi connectivity index (χ2n) is 7.59. The predicted molar refractivity (Wildman–Crippen MR) is 121 cm³/mol. The van der Waals surface area contributed by atoms with Crippen molar-refractivity contribution in [2.45, 2.75) is 17.9 Å². The molecule has 0 aromatic heterocycles. The lowest BCUT2D eigenvalue weighted by Gasteiger charge is -2.13. The first-order valence-electron chi connectivity index (χ1n) is 10.0. The van der Waals surface area contributed by atoms with E-state index in [1.54, 1.807) is 31.2 Å². The van der Waals surface area contributed by atoms with Crippen LogP contribution in [0.4, 0.5) is 5.69 Å². The number of sulfonamides is 1. The van der Waals surface area contributed by atoms with Crippen molar-refractivity contribution in [2.24, 2.45) is 0 Å². The third-order valence-corrected chi connectivity index (χ3v) is 6.79. The number of hydrogen-bond donors (Lipinski definition) is 2. The number of amides is 1. The van der Waals surface area contributed by atoms with E-state index in [4.69, 9.17) is 4.74 Å². The van der Waals surface area contributed by atoms with Crippen LogP contribution in [0, 0.1) is 0 Å². The average molecular weight is 451 g/mol. The Hall–Kier alpha value is -3.33. The molecule has 0 heterocycles. The van der Waals surface area contributed by atoms with Crippen molar-refractivity contribution >= 4 is 27.4 Å². The van der Waals surface area contributed by atoms with Crippen LogP contribution in [0.2, 0.25) is 0 Å². The average Bonchev–Trinajstić information content (AvgIpc) is 3.06. The first kappa shape index (κ1) is 21.9. The van der Waals surface area contributed by atoms with E-state index in [1.165, 1.54) is 31.4 Å². The Kier molecular flexibility index (Phi) is 5.92. The number of rotatable bonds is 7. The molecule has 1 unspecified atom stereocenters.